The van der Waals surface area contributed by atoms with Crippen LogP contribution in [0.2, 0.25) is 5.02 Å². The van der Waals surface area contributed by atoms with Gasteiger partial charge in [-0.15, -0.1) is 0 Å². The smallest absolute Gasteiger partial charge is 0.354 e. The van der Waals surface area contributed by atoms with Crippen LogP contribution >= 0.6 is 11.6 Å². The van der Waals surface area contributed by atoms with E-state index in [1.165, 1.54) is 13.2 Å². The van der Waals surface area contributed by atoms with E-state index >= 15 is 0 Å². The number of aromatic carboxylic acids is 1. The summed E-state index contributed by atoms with van der Waals surface area (Å²) in [6.45, 7) is 4.72. The molecule has 2 rings (SSSR count). The van der Waals surface area contributed by atoms with E-state index in [9.17, 15) is 9.59 Å². The van der Waals surface area contributed by atoms with Gasteiger partial charge in [0, 0.05) is 20.1 Å². The predicted molar refractivity (Wildman–Crippen MR) is 83.8 cm³/mol. The van der Waals surface area contributed by atoms with Crippen molar-refractivity contribution in [1.29, 1.82) is 0 Å². The first kappa shape index (κ1) is 17.0. The van der Waals surface area contributed by atoms with E-state index in [-0.39, 0.29) is 11.3 Å². The first-order chi connectivity index (χ1) is 10.8. The van der Waals surface area contributed by atoms with Crippen LogP contribution in [-0.4, -0.2) is 43.1 Å². The highest BCUT2D eigenvalue weighted by molar-refractivity contribution is 6.31. The van der Waals surface area contributed by atoms with Gasteiger partial charge in [-0.25, -0.2) is 4.79 Å². The fraction of sp³-hybridized carbons (Fsp3) is 0.429. The maximum atomic E-state index is 12.0. The lowest BCUT2D eigenvalue weighted by Gasteiger charge is -2.06. The molecule has 23 heavy (non-hydrogen) atoms. The van der Waals surface area contributed by atoms with Gasteiger partial charge in [0.15, 0.2) is 5.69 Å². The van der Waals surface area contributed by atoms with Crippen LogP contribution in [0.1, 0.15) is 38.7 Å². The van der Waals surface area contributed by atoms with Crippen LogP contribution in [0.15, 0.2) is 6.20 Å². The molecule has 0 aliphatic carbocycles. The van der Waals surface area contributed by atoms with Gasteiger partial charge in [-0.1, -0.05) is 11.6 Å². The SMILES string of the molecule is Cc1nn(CCCNC(=O)c2cnn(C)c2C(=O)O)c(C)c1Cl. The third-order valence-corrected chi connectivity index (χ3v) is 4.06. The van der Waals surface area contributed by atoms with E-state index in [2.05, 4.69) is 15.5 Å². The second-order valence-corrected chi connectivity index (χ2v) is 5.53. The molecule has 0 saturated heterocycles. The van der Waals surface area contributed by atoms with Crippen molar-refractivity contribution < 1.29 is 14.7 Å². The minimum absolute atomic E-state index is 0.0501. The van der Waals surface area contributed by atoms with Crippen LogP contribution in [0.4, 0.5) is 0 Å². The summed E-state index contributed by atoms with van der Waals surface area (Å²) < 4.78 is 2.95. The summed E-state index contributed by atoms with van der Waals surface area (Å²) in [7, 11) is 1.48. The summed E-state index contributed by atoms with van der Waals surface area (Å²) in [5.41, 5.74) is 1.58. The Balaban J connectivity index is 1.90. The van der Waals surface area contributed by atoms with E-state index in [4.69, 9.17) is 16.7 Å². The maximum absolute atomic E-state index is 12.0. The number of carboxylic acids is 1. The molecule has 0 saturated carbocycles. The molecule has 0 radical (unpaired) electrons. The number of aromatic nitrogens is 4. The van der Waals surface area contributed by atoms with Gasteiger partial charge in [-0.2, -0.15) is 10.2 Å². The lowest BCUT2D eigenvalue weighted by molar-refractivity contribution is 0.0679. The van der Waals surface area contributed by atoms with Crippen molar-refractivity contribution in [2.24, 2.45) is 7.05 Å². The van der Waals surface area contributed by atoms with Crippen LogP contribution in [0.25, 0.3) is 0 Å². The second kappa shape index (κ2) is 6.82. The zero-order valence-electron chi connectivity index (χ0n) is 13.1. The molecule has 0 aromatic carbocycles. The normalized spacial score (nSPS) is 10.8. The second-order valence-electron chi connectivity index (χ2n) is 5.15. The molecule has 0 bridgehead atoms. The Morgan fingerprint density at radius 1 is 1.39 bits per heavy atom. The number of carboxylic acid groups (broad SMARTS) is 1. The molecule has 9 heteroatoms. The van der Waals surface area contributed by atoms with E-state index < -0.39 is 11.9 Å². The summed E-state index contributed by atoms with van der Waals surface area (Å²) in [6, 6.07) is 0. The average Bonchev–Trinajstić information content (AvgIpc) is 2.99. The molecule has 0 aliphatic rings. The number of nitrogens with zero attached hydrogens (tertiary/aromatic N) is 4. The highest BCUT2D eigenvalue weighted by Crippen LogP contribution is 2.18. The van der Waals surface area contributed by atoms with Crippen molar-refractivity contribution in [2.75, 3.05) is 6.54 Å². The largest absolute Gasteiger partial charge is 0.477 e. The fourth-order valence-electron chi connectivity index (χ4n) is 2.28. The van der Waals surface area contributed by atoms with Crippen LogP contribution in [0, 0.1) is 13.8 Å². The average molecular weight is 340 g/mol. The van der Waals surface area contributed by atoms with Crippen molar-refractivity contribution in [3.05, 3.63) is 33.9 Å². The Morgan fingerprint density at radius 3 is 2.65 bits per heavy atom. The highest BCUT2D eigenvalue weighted by Gasteiger charge is 2.21. The van der Waals surface area contributed by atoms with Crippen LogP contribution in [-0.2, 0) is 13.6 Å². The van der Waals surface area contributed by atoms with Gasteiger partial charge in [0.05, 0.1) is 28.2 Å². The van der Waals surface area contributed by atoms with Crippen LogP contribution in [0.5, 0.6) is 0 Å². The number of nitrogens with one attached hydrogen (secondary N) is 1. The van der Waals surface area contributed by atoms with Crippen molar-refractivity contribution in [1.82, 2.24) is 24.9 Å². The molecule has 2 aromatic heterocycles. The van der Waals surface area contributed by atoms with E-state index in [0.717, 1.165) is 16.1 Å². The molecular formula is C14H18ClN5O3. The summed E-state index contributed by atoms with van der Waals surface area (Å²) in [6.07, 6.45) is 1.90. The molecule has 124 valence electrons. The van der Waals surface area contributed by atoms with E-state index in [1.54, 1.807) is 4.68 Å². The quantitative estimate of drug-likeness (QED) is 0.775. The van der Waals surface area contributed by atoms with Gasteiger partial charge in [-0.05, 0) is 20.3 Å². The lowest BCUT2D eigenvalue weighted by atomic mass is 10.2. The molecule has 2 N–H and O–H groups in total. The Labute approximate surface area is 138 Å². The summed E-state index contributed by atoms with van der Waals surface area (Å²) in [5.74, 6) is -1.64. The molecule has 0 spiro atoms. The van der Waals surface area contributed by atoms with Gasteiger partial charge in [-0.3, -0.25) is 14.2 Å². The summed E-state index contributed by atoms with van der Waals surface area (Å²) >= 11 is 6.07. The van der Waals surface area contributed by atoms with Gasteiger partial charge < -0.3 is 10.4 Å². The van der Waals surface area contributed by atoms with Gasteiger partial charge in [0.25, 0.3) is 5.91 Å². The van der Waals surface area contributed by atoms with Crippen molar-refractivity contribution >= 4 is 23.5 Å². The number of rotatable bonds is 6. The monoisotopic (exact) mass is 339 g/mol. The number of amides is 1. The topological polar surface area (TPSA) is 102 Å². The minimum atomic E-state index is -1.19. The van der Waals surface area contributed by atoms with Crippen molar-refractivity contribution in [3.8, 4) is 0 Å². The maximum Gasteiger partial charge on any atom is 0.354 e. The molecule has 2 aromatic rings. The fourth-order valence-corrected chi connectivity index (χ4v) is 2.41. The first-order valence-electron chi connectivity index (χ1n) is 7.06. The van der Waals surface area contributed by atoms with Crippen LogP contribution in [0.3, 0.4) is 0 Å². The minimum Gasteiger partial charge on any atom is -0.477 e. The van der Waals surface area contributed by atoms with Gasteiger partial charge in [0.2, 0.25) is 0 Å². The highest BCUT2D eigenvalue weighted by atomic mass is 35.5. The molecular weight excluding hydrogens is 322 g/mol. The molecule has 1 amide bonds. The number of hydrogen-bond donors (Lipinski definition) is 2. The van der Waals surface area contributed by atoms with E-state index in [0.29, 0.717) is 24.5 Å². The summed E-state index contributed by atoms with van der Waals surface area (Å²) in [4.78, 5) is 23.2. The predicted octanol–water partition coefficient (Wildman–Crippen LogP) is 1.41. The Kier molecular flexibility index (Phi) is 5.05. The van der Waals surface area contributed by atoms with Gasteiger partial charge in [0.1, 0.15) is 0 Å². The van der Waals surface area contributed by atoms with Gasteiger partial charge >= 0.3 is 5.97 Å². The van der Waals surface area contributed by atoms with Crippen molar-refractivity contribution in [3.63, 3.8) is 0 Å². The number of aryl methyl sites for hydroxylation is 3. The summed E-state index contributed by atoms with van der Waals surface area (Å²) in [5, 5.41) is 20.5. The molecule has 8 nitrogen and oxygen atoms in total. The van der Waals surface area contributed by atoms with Crippen LogP contribution < -0.4 is 5.32 Å². The molecule has 0 aliphatic heterocycles. The zero-order valence-corrected chi connectivity index (χ0v) is 13.9. The van der Waals surface area contributed by atoms with Crippen molar-refractivity contribution in [2.45, 2.75) is 26.8 Å². The number of hydrogen-bond acceptors (Lipinski definition) is 4. The molecule has 0 fully saturated rings. The number of halogens is 1. The number of carbonyl (C=O) groups excluding carboxylic acids is 1. The first-order valence-corrected chi connectivity index (χ1v) is 7.43. The molecule has 2 heterocycles. The standard InChI is InChI=1S/C14H18ClN5O3/c1-8-11(15)9(2)20(18-8)6-4-5-16-13(21)10-7-17-19(3)12(10)14(22)23/h7H,4-6H2,1-3H3,(H,16,21)(H,22,23). The Hall–Kier alpha value is -2.35. The number of carbonyl (C=O) groups is 2. The zero-order chi connectivity index (χ0) is 17.1. The molecule has 0 atom stereocenters. The lowest BCUT2D eigenvalue weighted by Crippen LogP contribution is -2.27. The Morgan fingerprint density at radius 2 is 2.09 bits per heavy atom. The van der Waals surface area contributed by atoms with E-state index in [1.807, 2.05) is 13.8 Å². The Bertz CT molecular complexity index is 750. The molecule has 0 unspecified atom stereocenters. The third kappa shape index (κ3) is 3.53. The third-order valence-electron chi connectivity index (χ3n) is 3.51.